The zero-order chi connectivity index (χ0) is 23.4. The molecule has 1 aliphatic carbocycles. The Balaban J connectivity index is 1.60. The molecule has 0 unspecified atom stereocenters. The average Bonchev–Trinajstić information content (AvgIpc) is 2.80. The lowest BCUT2D eigenvalue weighted by Crippen LogP contribution is -2.11. The van der Waals surface area contributed by atoms with E-state index in [9.17, 15) is 18.3 Å². The van der Waals surface area contributed by atoms with Gasteiger partial charge < -0.3 is 5.11 Å². The Bertz CT molecular complexity index is 1370. The Morgan fingerprint density at radius 2 is 1.79 bits per heavy atom. The predicted molar refractivity (Wildman–Crippen MR) is 131 cm³/mol. The first-order valence-electron chi connectivity index (χ1n) is 11.0. The van der Waals surface area contributed by atoms with Gasteiger partial charge in [0.25, 0.3) is 5.56 Å². The highest BCUT2D eigenvalue weighted by Crippen LogP contribution is 2.27. The van der Waals surface area contributed by atoms with Gasteiger partial charge in [-0.05, 0) is 54.2 Å². The maximum absolute atomic E-state index is 12.3. The van der Waals surface area contributed by atoms with E-state index in [0.717, 1.165) is 11.1 Å². The standard InChI is InChI=1S/C25H27N3O4S/c26-33(31,32)20-11-8-19(9-12-20)15-27-16-23-22-14-18(7-6-17-4-2-1-3-5-17)10-13-21(22)24(29)28-25(23)30/h6-14,16-17H,1-5,15H2,(H2,26,31,32)(H2,28,29,30)/b7-6+,27-16?. The molecule has 1 aliphatic rings. The summed E-state index contributed by atoms with van der Waals surface area (Å²) in [5.74, 6) is 0.345. The zero-order valence-electron chi connectivity index (χ0n) is 18.2. The van der Waals surface area contributed by atoms with Crippen LogP contribution < -0.4 is 10.7 Å². The van der Waals surface area contributed by atoms with Crippen LogP contribution in [0.3, 0.4) is 0 Å². The lowest BCUT2D eigenvalue weighted by molar-refractivity contribution is 0.420. The number of fused-ring (bicyclic) bond motifs is 1. The van der Waals surface area contributed by atoms with Crippen molar-refractivity contribution in [1.29, 1.82) is 0 Å². The largest absolute Gasteiger partial charge is 0.494 e. The number of nitrogens with one attached hydrogen (secondary N) is 1. The van der Waals surface area contributed by atoms with Gasteiger partial charge in [-0.3, -0.25) is 14.8 Å². The van der Waals surface area contributed by atoms with Crippen molar-refractivity contribution in [3.63, 3.8) is 0 Å². The normalized spacial score (nSPS) is 15.7. The second-order valence-corrected chi connectivity index (χ2v) is 10.00. The first-order chi connectivity index (χ1) is 15.8. The number of pyridine rings is 1. The molecule has 1 fully saturated rings. The molecule has 4 rings (SSSR count). The highest BCUT2D eigenvalue weighted by atomic mass is 32.2. The third-order valence-corrected chi connectivity index (χ3v) is 6.95. The number of aromatic hydroxyl groups is 1. The molecule has 8 heteroatoms. The third kappa shape index (κ3) is 5.58. The summed E-state index contributed by atoms with van der Waals surface area (Å²) in [6.07, 6.45) is 12.1. The van der Waals surface area contributed by atoms with Crippen LogP contribution in [-0.4, -0.2) is 24.7 Å². The summed E-state index contributed by atoms with van der Waals surface area (Å²) in [5, 5.41) is 16.6. The van der Waals surface area contributed by atoms with E-state index in [2.05, 4.69) is 22.1 Å². The summed E-state index contributed by atoms with van der Waals surface area (Å²) in [6.45, 7) is 0.270. The molecule has 0 saturated heterocycles. The van der Waals surface area contributed by atoms with Gasteiger partial charge in [-0.25, -0.2) is 13.6 Å². The van der Waals surface area contributed by atoms with Crippen molar-refractivity contribution in [3.8, 4) is 5.88 Å². The molecule has 2 aromatic carbocycles. The fourth-order valence-electron chi connectivity index (χ4n) is 4.19. The minimum Gasteiger partial charge on any atom is -0.494 e. The third-order valence-electron chi connectivity index (χ3n) is 6.02. The SMILES string of the molecule is NS(=O)(=O)c1ccc(CN=Cc2c(O)[nH]c(=O)c3ccc(/C=C/C4CCCCC4)cc23)cc1. The first kappa shape index (κ1) is 22.9. The number of nitrogens with zero attached hydrogens (tertiary/aromatic N) is 1. The molecule has 172 valence electrons. The van der Waals surface area contributed by atoms with Crippen molar-refractivity contribution in [2.24, 2.45) is 16.0 Å². The maximum atomic E-state index is 12.3. The number of nitrogens with two attached hydrogens (primary N) is 1. The maximum Gasteiger partial charge on any atom is 0.258 e. The van der Waals surface area contributed by atoms with Crippen LogP contribution in [0.25, 0.3) is 16.8 Å². The molecule has 0 radical (unpaired) electrons. The van der Waals surface area contributed by atoms with Crippen LogP contribution in [0.1, 0.15) is 48.8 Å². The number of hydrogen-bond donors (Lipinski definition) is 3. The number of primary sulfonamides is 1. The highest BCUT2D eigenvalue weighted by Gasteiger charge is 2.12. The number of rotatable bonds is 6. The molecule has 0 atom stereocenters. The number of aliphatic imine (C=N–C) groups is 1. The van der Waals surface area contributed by atoms with E-state index in [1.165, 1.54) is 50.5 Å². The Morgan fingerprint density at radius 1 is 1.06 bits per heavy atom. The number of hydrogen-bond acceptors (Lipinski definition) is 5. The molecule has 1 saturated carbocycles. The van der Waals surface area contributed by atoms with Crippen LogP contribution >= 0.6 is 0 Å². The lowest BCUT2D eigenvalue weighted by Gasteiger charge is -2.17. The van der Waals surface area contributed by atoms with Gasteiger partial charge in [-0.2, -0.15) is 0 Å². The van der Waals surface area contributed by atoms with Crippen molar-refractivity contribution in [3.05, 3.63) is 75.6 Å². The first-order valence-corrected chi connectivity index (χ1v) is 12.5. The predicted octanol–water partition coefficient (Wildman–Crippen LogP) is 4.09. The van der Waals surface area contributed by atoms with Crippen molar-refractivity contribution in [2.75, 3.05) is 0 Å². The van der Waals surface area contributed by atoms with Gasteiger partial charge in [0, 0.05) is 17.0 Å². The van der Waals surface area contributed by atoms with E-state index in [0.29, 0.717) is 22.3 Å². The van der Waals surface area contributed by atoms with Crippen molar-refractivity contribution >= 4 is 33.1 Å². The summed E-state index contributed by atoms with van der Waals surface area (Å²) in [7, 11) is -3.74. The fraction of sp³-hybridized carbons (Fsp3) is 0.280. The average molecular weight is 466 g/mol. The van der Waals surface area contributed by atoms with E-state index in [4.69, 9.17) is 5.14 Å². The van der Waals surface area contributed by atoms with Gasteiger partial charge >= 0.3 is 0 Å². The van der Waals surface area contributed by atoms with E-state index in [-0.39, 0.29) is 22.9 Å². The quantitative estimate of drug-likeness (QED) is 0.474. The van der Waals surface area contributed by atoms with E-state index in [1.807, 2.05) is 12.1 Å². The number of H-pyrrole nitrogens is 1. The fourth-order valence-corrected chi connectivity index (χ4v) is 4.70. The van der Waals surface area contributed by atoms with Crippen molar-refractivity contribution in [1.82, 2.24) is 4.98 Å². The Morgan fingerprint density at radius 3 is 2.48 bits per heavy atom. The Hall–Kier alpha value is -3.23. The lowest BCUT2D eigenvalue weighted by atomic mass is 9.88. The van der Waals surface area contributed by atoms with Gasteiger partial charge in [-0.1, -0.05) is 49.6 Å². The van der Waals surface area contributed by atoms with Crippen LogP contribution in [-0.2, 0) is 16.6 Å². The van der Waals surface area contributed by atoms with Gasteiger partial charge in [0.1, 0.15) is 0 Å². The van der Waals surface area contributed by atoms with E-state index >= 15 is 0 Å². The number of aromatic nitrogens is 1. The number of sulfonamides is 1. The molecule has 3 aromatic rings. The number of aromatic amines is 1. The van der Waals surface area contributed by atoms with Crippen LogP contribution in [0.15, 0.2) is 63.2 Å². The molecule has 1 aromatic heterocycles. The van der Waals surface area contributed by atoms with Gasteiger partial charge in [-0.15, -0.1) is 0 Å². The molecule has 4 N–H and O–H groups in total. The summed E-state index contributed by atoms with van der Waals surface area (Å²) in [4.78, 5) is 19.2. The number of allylic oxidation sites excluding steroid dienone is 1. The molecule has 0 bridgehead atoms. The van der Waals surface area contributed by atoms with E-state index in [1.54, 1.807) is 18.2 Å². The zero-order valence-corrected chi connectivity index (χ0v) is 19.0. The van der Waals surface area contributed by atoms with Gasteiger partial charge in [0.15, 0.2) is 0 Å². The molecule has 0 amide bonds. The topological polar surface area (TPSA) is 126 Å². The highest BCUT2D eigenvalue weighted by molar-refractivity contribution is 7.89. The summed E-state index contributed by atoms with van der Waals surface area (Å²) in [5.41, 5.74) is 1.81. The number of benzene rings is 2. The monoisotopic (exact) mass is 465 g/mol. The Labute approximate surface area is 192 Å². The van der Waals surface area contributed by atoms with Crippen LogP contribution in [0.2, 0.25) is 0 Å². The van der Waals surface area contributed by atoms with Crippen LogP contribution in [0.4, 0.5) is 0 Å². The summed E-state index contributed by atoms with van der Waals surface area (Å²) >= 11 is 0. The van der Waals surface area contributed by atoms with Crippen molar-refractivity contribution < 1.29 is 13.5 Å². The van der Waals surface area contributed by atoms with E-state index < -0.39 is 10.0 Å². The van der Waals surface area contributed by atoms with Crippen LogP contribution in [0.5, 0.6) is 5.88 Å². The minimum absolute atomic E-state index is 0.0355. The summed E-state index contributed by atoms with van der Waals surface area (Å²) in [6, 6.07) is 11.7. The molecular formula is C25H27N3O4S. The molecule has 0 spiro atoms. The van der Waals surface area contributed by atoms with Gasteiger partial charge in [0.2, 0.25) is 15.9 Å². The molecule has 1 heterocycles. The molecular weight excluding hydrogens is 438 g/mol. The van der Waals surface area contributed by atoms with Gasteiger partial charge in [0.05, 0.1) is 17.0 Å². The second kappa shape index (κ2) is 9.72. The minimum atomic E-state index is -3.74. The van der Waals surface area contributed by atoms with Crippen LogP contribution in [0, 0.1) is 5.92 Å². The second-order valence-electron chi connectivity index (χ2n) is 8.44. The Kier molecular flexibility index (Phi) is 6.76. The smallest absolute Gasteiger partial charge is 0.258 e. The summed E-state index contributed by atoms with van der Waals surface area (Å²) < 4.78 is 22.8. The molecule has 7 nitrogen and oxygen atoms in total. The molecule has 33 heavy (non-hydrogen) atoms. The van der Waals surface area contributed by atoms with Crippen molar-refractivity contribution in [2.45, 2.75) is 43.5 Å². The molecule has 0 aliphatic heterocycles.